The largest absolute Gasteiger partial charge is 0.378 e. The molecule has 0 bridgehead atoms. The predicted molar refractivity (Wildman–Crippen MR) is 110 cm³/mol. The first-order valence-electron chi connectivity index (χ1n) is 9.68. The number of carbonyl (C=O) groups is 1. The van der Waals surface area contributed by atoms with E-state index >= 15 is 0 Å². The van der Waals surface area contributed by atoms with Crippen LogP contribution in [0.5, 0.6) is 0 Å². The van der Waals surface area contributed by atoms with Crippen molar-refractivity contribution < 1.29 is 17.9 Å². The van der Waals surface area contributed by atoms with E-state index in [0.29, 0.717) is 5.56 Å². The number of pyridine rings is 1. The van der Waals surface area contributed by atoms with E-state index in [0.717, 1.165) is 30.5 Å². The number of sulfone groups is 1. The Balaban J connectivity index is 1.70. The third kappa shape index (κ3) is 3.62. The van der Waals surface area contributed by atoms with E-state index < -0.39 is 33.4 Å². The van der Waals surface area contributed by atoms with Crippen molar-refractivity contribution in [1.82, 2.24) is 9.88 Å². The van der Waals surface area contributed by atoms with Crippen molar-refractivity contribution in [3.63, 3.8) is 0 Å². The van der Waals surface area contributed by atoms with Gasteiger partial charge in [0.2, 0.25) is 0 Å². The molecule has 1 aliphatic carbocycles. The monoisotopic (exact) mass is 416 g/mol. The van der Waals surface area contributed by atoms with Gasteiger partial charge in [0.15, 0.2) is 9.84 Å². The summed E-state index contributed by atoms with van der Waals surface area (Å²) < 4.78 is 30.6. The van der Waals surface area contributed by atoms with E-state index in [1.165, 1.54) is 17.2 Å². The van der Waals surface area contributed by atoms with Gasteiger partial charge in [-0.2, -0.15) is 0 Å². The molecule has 2 heterocycles. The fraction of sp³-hybridized carbons (Fsp3) is 0.429. The highest BCUT2D eigenvalue weighted by Gasteiger charge is 2.39. The van der Waals surface area contributed by atoms with E-state index in [-0.39, 0.29) is 17.1 Å². The molecule has 0 spiro atoms. The van der Waals surface area contributed by atoms with Crippen molar-refractivity contribution in [1.29, 1.82) is 0 Å². The Bertz CT molecular complexity index is 1140. The van der Waals surface area contributed by atoms with Gasteiger partial charge in [0, 0.05) is 13.3 Å². The van der Waals surface area contributed by atoms with Crippen molar-refractivity contribution in [2.24, 2.45) is 0 Å². The number of benzene rings is 1. The molecule has 1 aromatic heterocycles. The van der Waals surface area contributed by atoms with Gasteiger partial charge in [-0.05, 0) is 55.0 Å². The summed E-state index contributed by atoms with van der Waals surface area (Å²) in [5, 5.41) is 2.71. The number of hydrogen-bond acceptors (Lipinski definition) is 5. The minimum atomic E-state index is -3.29. The molecule has 2 aromatic rings. The quantitative estimate of drug-likeness (QED) is 0.808. The van der Waals surface area contributed by atoms with Crippen molar-refractivity contribution in [3.8, 4) is 5.69 Å². The van der Waals surface area contributed by atoms with Gasteiger partial charge in [-0.25, -0.2) is 8.42 Å². The lowest BCUT2D eigenvalue weighted by molar-refractivity contribution is 0.0784. The molecule has 1 amide bonds. The van der Waals surface area contributed by atoms with E-state index in [1.54, 1.807) is 19.2 Å². The van der Waals surface area contributed by atoms with Gasteiger partial charge in [-0.3, -0.25) is 14.2 Å². The van der Waals surface area contributed by atoms with E-state index in [1.807, 2.05) is 12.1 Å². The lowest BCUT2D eigenvalue weighted by Gasteiger charge is -2.19. The number of amides is 1. The number of fused-ring (bicyclic) bond motifs is 1. The van der Waals surface area contributed by atoms with Gasteiger partial charge in [0.1, 0.15) is 5.56 Å². The van der Waals surface area contributed by atoms with Crippen molar-refractivity contribution in [2.45, 2.75) is 38.3 Å². The zero-order valence-corrected chi connectivity index (χ0v) is 17.3. The number of carbonyl (C=O) groups excluding carboxylic acids is 1. The summed E-state index contributed by atoms with van der Waals surface area (Å²) in [6.07, 6.45) is 4.02. The van der Waals surface area contributed by atoms with Crippen LogP contribution in [0.25, 0.3) is 5.69 Å². The molecule has 7 nitrogen and oxygen atoms in total. The molecule has 0 unspecified atom stereocenters. The molecule has 8 heteroatoms. The molecular formula is C21H24N2O5S. The highest BCUT2D eigenvalue weighted by molar-refractivity contribution is 7.91. The van der Waals surface area contributed by atoms with Crippen LogP contribution in [-0.4, -0.2) is 49.7 Å². The minimum absolute atomic E-state index is 0.0299. The van der Waals surface area contributed by atoms with Crippen LogP contribution in [0.1, 0.15) is 33.5 Å². The van der Waals surface area contributed by atoms with Crippen molar-refractivity contribution in [2.75, 3.05) is 18.6 Å². The lowest BCUT2D eigenvalue weighted by atomic mass is 10.1. The van der Waals surface area contributed by atoms with Gasteiger partial charge >= 0.3 is 0 Å². The summed E-state index contributed by atoms with van der Waals surface area (Å²) in [6, 6.07) is 6.96. The van der Waals surface area contributed by atoms with Crippen LogP contribution >= 0.6 is 0 Å². The average molecular weight is 416 g/mol. The first kappa shape index (κ1) is 19.8. The lowest BCUT2D eigenvalue weighted by Crippen LogP contribution is -2.45. The topological polar surface area (TPSA) is 94.5 Å². The zero-order valence-electron chi connectivity index (χ0n) is 16.5. The Kier molecular flexibility index (Phi) is 5.08. The standard InChI is InChI=1S/C21H24N2O5S/c1-13-9-10-23(17-8-4-6-14-5-3-7-15(14)17)21(25)19(13)20(24)22-16-11-29(26,27)12-18(16)28-2/h4,6,8-10,16,18H,3,5,7,11-12H2,1-2H3,(H,22,24)/t16-,18-/m1/s1. The van der Waals surface area contributed by atoms with Crippen molar-refractivity contribution in [3.05, 3.63) is 63.1 Å². The average Bonchev–Trinajstić information content (AvgIpc) is 3.25. The maximum Gasteiger partial charge on any atom is 0.268 e. The van der Waals surface area contributed by atoms with Gasteiger partial charge in [0.25, 0.3) is 11.5 Å². The van der Waals surface area contributed by atoms with E-state index in [2.05, 4.69) is 11.4 Å². The molecule has 0 radical (unpaired) electrons. The Morgan fingerprint density at radius 3 is 2.76 bits per heavy atom. The summed E-state index contributed by atoms with van der Waals surface area (Å²) in [6.45, 7) is 1.70. The smallest absolute Gasteiger partial charge is 0.268 e. The molecule has 29 heavy (non-hydrogen) atoms. The van der Waals surface area contributed by atoms with Crippen LogP contribution in [0.15, 0.2) is 35.3 Å². The molecule has 1 saturated heterocycles. The maximum absolute atomic E-state index is 13.2. The summed E-state index contributed by atoms with van der Waals surface area (Å²) in [7, 11) is -1.87. The second kappa shape index (κ2) is 7.42. The normalized spacial score (nSPS) is 22.4. The Morgan fingerprint density at radius 1 is 1.21 bits per heavy atom. The number of aryl methyl sites for hydroxylation is 2. The van der Waals surface area contributed by atoms with Gasteiger partial charge in [-0.15, -0.1) is 0 Å². The predicted octanol–water partition coefficient (Wildman–Crippen LogP) is 1.18. The van der Waals surface area contributed by atoms with Gasteiger partial charge in [0.05, 0.1) is 29.3 Å². The highest BCUT2D eigenvalue weighted by atomic mass is 32.2. The Hall–Kier alpha value is -2.45. The fourth-order valence-electron chi connectivity index (χ4n) is 4.34. The SMILES string of the molecule is CO[C@@H]1CS(=O)(=O)C[C@H]1NC(=O)c1c(C)ccn(-c2cccc3c2CCC3)c1=O. The molecule has 2 aliphatic rings. The summed E-state index contributed by atoms with van der Waals surface area (Å²) >= 11 is 0. The number of aromatic nitrogens is 1. The molecule has 1 fully saturated rings. The Morgan fingerprint density at radius 2 is 2.00 bits per heavy atom. The number of hydrogen-bond donors (Lipinski definition) is 1. The molecule has 4 rings (SSSR count). The molecule has 1 aliphatic heterocycles. The number of methoxy groups -OCH3 is 1. The maximum atomic E-state index is 13.2. The number of nitrogens with one attached hydrogen (secondary N) is 1. The van der Waals surface area contributed by atoms with Crippen LogP contribution < -0.4 is 10.9 Å². The van der Waals surface area contributed by atoms with Gasteiger partial charge < -0.3 is 10.1 Å². The molecule has 2 atom stereocenters. The molecular weight excluding hydrogens is 392 g/mol. The second-order valence-electron chi connectivity index (χ2n) is 7.75. The Labute approximate surface area is 169 Å². The van der Waals surface area contributed by atoms with E-state index in [9.17, 15) is 18.0 Å². The van der Waals surface area contributed by atoms with Crippen LogP contribution in [-0.2, 0) is 27.4 Å². The van der Waals surface area contributed by atoms with Crippen LogP contribution in [0, 0.1) is 6.92 Å². The summed E-state index contributed by atoms with van der Waals surface area (Å²) in [5.41, 5.74) is 3.36. The molecule has 1 aromatic carbocycles. The second-order valence-corrected chi connectivity index (χ2v) is 9.90. The third-order valence-electron chi connectivity index (χ3n) is 5.83. The van der Waals surface area contributed by atoms with Crippen molar-refractivity contribution >= 4 is 15.7 Å². The number of nitrogens with zero attached hydrogens (tertiary/aromatic N) is 1. The summed E-state index contributed by atoms with van der Waals surface area (Å²) in [4.78, 5) is 26.2. The molecule has 0 saturated carbocycles. The first-order chi connectivity index (χ1) is 13.8. The molecule has 1 N–H and O–H groups in total. The summed E-state index contributed by atoms with van der Waals surface area (Å²) in [5.74, 6) is -0.898. The van der Waals surface area contributed by atoms with Crippen LogP contribution in [0.3, 0.4) is 0 Å². The van der Waals surface area contributed by atoms with E-state index in [4.69, 9.17) is 4.74 Å². The zero-order chi connectivity index (χ0) is 20.8. The number of ether oxygens (including phenoxy) is 1. The molecule has 154 valence electrons. The highest BCUT2D eigenvalue weighted by Crippen LogP contribution is 2.27. The minimum Gasteiger partial charge on any atom is -0.378 e. The van der Waals surface area contributed by atoms with Crippen LogP contribution in [0.4, 0.5) is 0 Å². The number of rotatable bonds is 4. The first-order valence-corrected chi connectivity index (χ1v) is 11.5. The third-order valence-corrected chi connectivity index (χ3v) is 7.53. The fourth-order valence-corrected chi connectivity index (χ4v) is 6.19. The van der Waals surface area contributed by atoms with Crippen LogP contribution in [0.2, 0.25) is 0 Å². The van der Waals surface area contributed by atoms with Gasteiger partial charge in [-0.1, -0.05) is 12.1 Å².